The van der Waals surface area contributed by atoms with Crippen molar-refractivity contribution in [3.8, 4) is 0 Å². The molecule has 29 heavy (non-hydrogen) atoms. The first-order valence-electron chi connectivity index (χ1n) is 9.62. The van der Waals surface area contributed by atoms with E-state index in [1.54, 1.807) is 23.2 Å². The molecule has 148 valence electrons. The van der Waals surface area contributed by atoms with E-state index in [-0.39, 0.29) is 17.9 Å². The van der Waals surface area contributed by atoms with Crippen molar-refractivity contribution in [2.45, 2.75) is 32.7 Å². The Labute approximate surface area is 168 Å². The molecule has 0 atom stereocenters. The van der Waals surface area contributed by atoms with Crippen molar-refractivity contribution < 1.29 is 9.59 Å². The lowest BCUT2D eigenvalue weighted by Crippen LogP contribution is -2.46. The first-order valence-corrected chi connectivity index (χ1v) is 9.62. The zero-order valence-electron chi connectivity index (χ0n) is 16.4. The summed E-state index contributed by atoms with van der Waals surface area (Å²) in [6, 6.07) is 5.39. The van der Waals surface area contributed by atoms with Gasteiger partial charge >= 0.3 is 0 Å². The molecule has 1 aromatic carbocycles. The van der Waals surface area contributed by atoms with Gasteiger partial charge < -0.3 is 10.2 Å². The molecule has 0 bridgehead atoms. The van der Waals surface area contributed by atoms with Gasteiger partial charge in [0.15, 0.2) is 0 Å². The molecule has 0 spiro atoms. The molecule has 0 unspecified atom stereocenters. The van der Waals surface area contributed by atoms with Crippen molar-refractivity contribution in [3.63, 3.8) is 0 Å². The van der Waals surface area contributed by atoms with Gasteiger partial charge in [-0.05, 0) is 44.9 Å². The van der Waals surface area contributed by atoms with E-state index in [0.29, 0.717) is 42.7 Å². The number of fused-ring (bicyclic) bond motifs is 1. The van der Waals surface area contributed by atoms with Crippen LogP contribution in [0.4, 0.5) is 0 Å². The molecule has 2 amide bonds. The van der Waals surface area contributed by atoms with Gasteiger partial charge in [0, 0.05) is 37.1 Å². The van der Waals surface area contributed by atoms with Crippen LogP contribution in [0.2, 0.25) is 0 Å². The second-order valence-corrected chi connectivity index (χ2v) is 7.23. The molecule has 1 fully saturated rings. The fourth-order valence-electron chi connectivity index (χ4n) is 3.44. The number of nitrogens with one attached hydrogen (secondary N) is 1. The normalized spacial score (nSPS) is 14.8. The van der Waals surface area contributed by atoms with E-state index in [0.717, 1.165) is 16.9 Å². The summed E-state index contributed by atoms with van der Waals surface area (Å²) in [7, 11) is 0. The van der Waals surface area contributed by atoms with Crippen LogP contribution < -0.4 is 5.32 Å². The Morgan fingerprint density at radius 1 is 1.03 bits per heavy atom. The number of hydrogen-bond donors (Lipinski definition) is 1. The van der Waals surface area contributed by atoms with Crippen LogP contribution in [-0.2, 0) is 0 Å². The molecular weight excluding hydrogens is 368 g/mol. The largest absolute Gasteiger partial charge is 0.349 e. The SMILES string of the molecule is Cc1nc2ccc(C(=O)NC3CCN(C(=O)c4cnccn4)CC3)cc2nc1C. The molecule has 1 N–H and O–H groups in total. The van der Waals surface area contributed by atoms with E-state index in [1.165, 1.54) is 12.4 Å². The van der Waals surface area contributed by atoms with Crippen molar-refractivity contribution >= 4 is 22.8 Å². The van der Waals surface area contributed by atoms with E-state index < -0.39 is 0 Å². The topological polar surface area (TPSA) is 101 Å². The molecule has 0 aliphatic carbocycles. The first kappa shape index (κ1) is 18.9. The number of aromatic nitrogens is 4. The van der Waals surface area contributed by atoms with Crippen molar-refractivity contribution in [2.75, 3.05) is 13.1 Å². The zero-order valence-corrected chi connectivity index (χ0v) is 16.4. The minimum Gasteiger partial charge on any atom is -0.349 e. The molecule has 8 heteroatoms. The van der Waals surface area contributed by atoms with Crippen molar-refractivity contribution in [1.82, 2.24) is 30.2 Å². The van der Waals surface area contributed by atoms with Gasteiger partial charge in [-0.1, -0.05) is 0 Å². The molecular formula is C21H22N6O2. The van der Waals surface area contributed by atoms with Crippen LogP contribution in [0.5, 0.6) is 0 Å². The lowest BCUT2D eigenvalue weighted by Gasteiger charge is -2.32. The Kier molecular flexibility index (Phi) is 5.16. The minimum absolute atomic E-state index is 0.0231. The third kappa shape index (κ3) is 4.06. The maximum absolute atomic E-state index is 12.7. The molecule has 8 nitrogen and oxygen atoms in total. The molecule has 2 aromatic heterocycles. The lowest BCUT2D eigenvalue weighted by atomic mass is 10.0. The van der Waals surface area contributed by atoms with Crippen LogP contribution in [0.25, 0.3) is 11.0 Å². The van der Waals surface area contributed by atoms with Gasteiger partial charge in [-0.3, -0.25) is 14.6 Å². The van der Waals surface area contributed by atoms with Gasteiger partial charge in [0.1, 0.15) is 5.69 Å². The molecule has 3 heterocycles. The van der Waals surface area contributed by atoms with E-state index >= 15 is 0 Å². The highest BCUT2D eigenvalue weighted by molar-refractivity contribution is 5.97. The third-order valence-corrected chi connectivity index (χ3v) is 5.24. The fraction of sp³-hybridized carbons (Fsp3) is 0.333. The minimum atomic E-state index is -0.134. The maximum Gasteiger partial charge on any atom is 0.274 e. The highest BCUT2D eigenvalue weighted by Gasteiger charge is 2.25. The van der Waals surface area contributed by atoms with E-state index in [4.69, 9.17) is 0 Å². The van der Waals surface area contributed by atoms with Crippen molar-refractivity contribution in [1.29, 1.82) is 0 Å². The quantitative estimate of drug-likeness (QED) is 0.735. The van der Waals surface area contributed by atoms with E-state index in [9.17, 15) is 9.59 Å². The number of nitrogens with zero attached hydrogens (tertiary/aromatic N) is 5. The molecule has 1 saturated heterocycles. The Bertz CT molecular complexity index is 1060. The number of rotatable bonds is 3. The Balaban J connectivity index is 1.38. The van der Waals surface area contributed by atoms with Crippen molar-refractivity contribution in [2.24, 2.45) is 0 Å². The second-order valence-electron chi connectivity index (χ2n) is 7.23. The smallest absolute Gasteiger partial charge is 0.274 e. The van der Waals surface area contributed by atoms with Gasteiger partial charge in [-0.15, -0.1) is 0 Å². The van der Waals surface area contributed by atoms with Crippen LogP contribution in [-0.4, -0.2) is 55.8 Å². The molecule has 4 rings (SSSR count). The summed E-state index contributed by atoms with van der Waals surface area (Å²) in [5.41, 5.74) is 4.14. The number of carbonyl (C=O) groups is 2. The number of carbonyl (C=O) groups excluding carboxylic acids is 2. The molecule has 3 aromatic rings. The van der Waals surface area contributed by atoms with E-state index in [1.807, 2.05) is 19.9 Å². The summed E-state index contributed by atoms with van der Waals surface area (Å²) >= 11 is 0. The number of aryl methyl sites for hydroxylation is 2. The van der Waals surface area contributed by atoms with Crippen molar-refractivity contribution in [3.05, 3.63) is 59.4 Å². The Morgan fingerprint density at radius 2 is 1.76 bits per heavy atom. The fourth-order valence-corrected chi connectivity index (χ4v) is 3.44. The van der Waals surface area contributed by atoms with E-state index in [2.05, 4.69) is 25.3 Å². The van der Waals surface area contributed by atoms with Crippen LogP contribution >= 0.6 is 0 Å². The number of hydrogen-bond acceptors (Lipinski definition) is 6. The summed E-state index contributed by atoms with van der Waals surface area (Å²) in [6.07, 6.45) is 5.92. The average molecular weight is 390 g/mol. The van der Waals surface area contributed by atoms with Crippen LogP contribution in [0, 0.1) is 13.8 Å². The number of amides is 2. The van der Waals surface area contributed by atoms with Crippen LogP contribution in [0.3, 0.4) is 0 Å². The predicted molar refractivity (Wildman–Crippen MR) is 107 cm³/mol. The zero-order chi connectivity index (χ0) is 20.4. The van der Waals surface area contributed by atoms with Crippen LogP contribution in [0.15, 0.2) is 36.8 Å². The third-order valence-electron chi connectivity index (χ3n) is 5.24. The summed E-state index contributed by atoms with van der Waals surface area (Å²) in [4.78, 5) is 43.9. The summed E-state index contributed by atoms with van der Waals surface area (Å²) in [5, 5.41) is 3.07. The number of likely N-dealkylation sites (tertiary alicyclic amines) is 1. The Morgan fingerprint density at radius 3 is 2.45 bits per heavy atom. The van der Waals surface area contributed by atoms with Crippen LogP contribution in [0.1, 0.15) is 45.1 Å². The second kappa shape index (κ2) is 7.90. The van der Waals surface area contributed by atoms with Gasteiger partial charge in [0.05, 0.1) is 28.6 Å². The highest BCUT2D eigenvalue weighted by atomic mass is 16.2. The standard InChI is InChI=1S/C21H22N6O2/c1-13-14(2)25-18-11-15(3-4-17(18)24-13)20(28)26-16-5-9-27(10-6-16)21(29)19-12-22-7-8-23-19/h3-4,7-8,11-12,16H,5-6,9-10H2,1-2H3,(H,26,28). The summed E-state index contributed by atoms with van der Waals surface area (Å²) in [6.45, 7) is 4.97. The summed E-state index contributed by atoms with van der Waals surface area (Å²) < 4.78 is 0. The highest BCUT2D eigenvalue weighted by Crippen LogP contribution is 2.17. The van der Waals surface area contributed by atoms with Gasteiger partial charge in [0.2, 0.25) is 0 Å². The molecule has 1 aliphatic rings. The monoisotopic (exact) mass is 390 g/mol. The molecule has 0 saturated carbocycles. The number of piperidine rings is 1. The number of benzene rings is 1. The van der Waals surface area contributed by atoms with Gasteiger partial charge in [-0.2, -0.15) is 0 Å². The lowest BCUT2D eigenvalue weighted by molar-refractivity contribution is 0.0692. The Hall–Kier alpha value is -3.42. The molecule has 0 radical (unpaired) electrons. The average Bonchev–Trinajstić information content (AvgIpc) is 2.75. The molecule has 1 aliphatic heterocycles. The predicted octanol–water partition coefficient (Wildman–Crippen LogP) is 2.07. The summed E-state index contributed by atoms with van der Waals surface area (Å²) in [5.74, 6) is -0.257. The first-order chi connectivity index (χ1) is 14.0. The van der Waals surface area contributed by atoms with Gasteiger partial charge in [0.25, 0.3) is 11.8 Å². The maximum atomic E-state index is 12.7. The van der Waals surface area contributed by atoms with Gasteiger partial charge in [-0.25, -0.2) is 15.0 Å².